The number of ketones is 1. The highest BCUT2D eigenvalue weighted by molar-refractivity contribution is 5.96. The molecular weight excluding hydrogens is 807 g/mol. The van der Waals surface area contributed by atoms with Gasteiger partial charge >= 0.3 is 17.9 Å². The summed E-state index contributed by atoms with van der Waals surface area (Å²) in [6, 6.07) is 23.2. The van der Waals surface area contributed by atoms with Gasteiger partial charge in [-0.2, -0.15) is 0 Å². The average Bonchev–Trinajstić information content (AvgIpc) is 3.25. The highest BCUT2D eigenvalue weighted by Crippen LogP contribution is 2.65. The summed E-state index contributed by atoms with van der Waals surface area (Å²) < 4.78 is 32.1. The Kier molecular flexibility index (Phi) is 11.6. The Labute approximate surface area is 366 Å². The van der Waals surface area contributed by atoms with Gasteiger partial charge in [0.25, 0.3) is 5.91 Å². The molecule has 3 aliphatic carbocycles. The molecular formula is C50H55NO12. The van der Waals surface area contributed by atoms with Gasteiger partial charge in [-0.15, -0.1) is 0 Å². The zero-order valence-electron chi connectivity index (χ0n) is 36.4. The van der Waals surface area contributed by atoms with Crippen molar-refractivity contribution in [1.82, 2.24) is 5.32 Å². The minimum Gasteiger partial charge on any atom is -0.456 e. The van der Waals surface area contributed by atoms with Crippen LogP contribution in [0.2, 0.25) is 0 Å². The van der Waals surface area contributed by atoms with Crippen molar-refractivity contribution in [2.24, 2.45) is 22.7 Å². The number of fused-ring (bicyclic) bond motifs is 3. The molecule has 2 aliphatic heterocycles. The number of allylic oxidation sites excluding steroid dienone is 1. The Morgan fingerprint density at radius 1 is 0.937 bits per heavy atom. The maximum atomic E-state index is 15.8. The minimum atomic E-state index is -2.05. The van der Waals surface area contributed by atoms with Crippen LogP contribution in [-0.4, -0.2) is 88.1 Å². The molecule has 2 heterocycles. The average molecular weight is 862 g/mol. The van der Waals surface area contributed by atoms with Gasteiger partial charge in [-0.25, -0.2) is 9.59 Å². The van der Waals surface area contributed by atoms with Gasteiger partial charge in [0.15, 0.2) is 23.6 Å². The Morgan fingerprint density at radius 2 is 1.60 bits per heavy atom. The molecule has 1 saturated heterocycles. The number of amides is 1. The number of nitrogens with one attached hydrogen (secondary N) is 1. The van der Waals surface area contributed by atoms with Gasteiger partial charge in [-0.1, -0.05) is 107 Å². The second kappa shape index (κ2) is 16.6. The molecule has 1 spiro atoms. The van der Waals surface area contributed by atoms with Crippen LogP contribution in [0, 0.1) is 22.7 Å². The number of esters is 3. The van der Waals surface area contributed by atoms with Crippen LogP contribution < -0.4 is 5.32 Å². The van der Waals surface area contributed by atoms with E-state index >= 15 is 4.79 Å². The van der Waals surface area contributed by atoms with Crippen molar-refractivity contribution in [3.05, 3.63) is 130 Å². The molecule has 0 aromatic heterocycles. The first-order valence-corrected chi connectivity index (χ1v) is 21.6. The van der Waals surface area contributed by atoms with E-state index in [2.05, 4.69) is 5.32 Å². The van der Waals surface area contributed by atoms with E-state index in [4.69, 9.17) is 23.7 Å². The summed E-state index contributed by atoms with van der Waals surface area (Å²) in [6.07, 6.45) is -3.89. The predicted molar refractivity (Wildman–Crippen MR) is 227 cm³/mol. The standard InChI is InChI=1S/C50H55NO12/c1-28-24-36-49(27-60-36)42-44(59-26-31-16-9-7-10-17-31)50(58)25-35(29(2)38(47(50,4)5)41(61-30(3)52)43(55)48(28,42)6)62-46(57)40(54)39(51-45(56)33-19-11-8-12-20-33)34-22-14-13-18-32(34)21-15-23-37(53)63-49/h7-20,22-23,28,35-36,39-42,44,54,58H,21,24-27H2,1-6H3,(H,51,56)/b23-15-/t28-,35?,36+,39-,40+,41+,42+,44+,48+,49+,50+/m0/s1. The molecule has 63 heavy (non-hydrogen) atoms. The lowest BCUT2D eigenvalue weighted by Gasteiger charge is -2.68. The maximum absolute atomic E-state index is 15.8. The second-order valence-electron chi connectivity index (χ2n) is 18.5. The lowest BCUT2D eigenvalue weighted by molar-refractivity contribution is -0.345. The summed E-state index contributed by atoms with van der Waals surface area (Å²) in [7, 11) is 0. The van der Waals surface area contributed by atoms with Crippen LogP contribution in [-0.2, 0) is 55.9 Å². The van der Waals surface area contributed by atoms with Crippen LogP contribution in [0.3, 0.4) is 0 Å². The van der Waals surface area contributed by atoms with E-state index in [0.717, 1.165) is 5.56 Å². The van der Waals surface area contributed by atoms with Gasteiger partial charge in [0.2, 0.25) is 0 Å². The first kappa shape index (κ1) is 44.1. The second-order valence-corrected chi connectivity index (χ2v) is 18.5. The minimum absolute atomic E-state index is 0.0237. The van der Waals surface area contributed by atoms with E-state index in [9.17, 15) is 29.4 Å². The van der Waals surface area contributed by atoms with Gasteiger partial charge in [-0.05, 0) is 65.7 Å². The van der Waals surface area contributed by atoms with E-state index in [1.54, 1.807) is 88.4 Å². The first-order valence-electron chi connectivity index (χ1n) is 21.6. The molecule has 13 heteroatoms. The third-order valence-electron chi connectivity index (χ3n) is 14.8. The van der Waals surface area contributed by atoms with Crippen LogP contribution in [0.15, 0.2) is 108 Å². The van der Waals surface area contributed by atoms with Crippen molar-refractivity contribution >= 4 is 29.6 Å². The van der Waals surface area contributed by atoms with Crippen molar-refractivity contribution in [3.8, 4) is 0 Å². The molecule has 332 valence electrons. The number of benzene rings is 3. The molecule has 1 unspecified atom stereocenters. The summed E-state index contributed by atoms with van der Waals surface area (Å²) in [6.45, 7) is 9.86. The number of rotatable bonds is 6. The quantitative estimate of drug-likeness (QED) is 0.162. The number of aliphatic hydroxyl groups excluding tert-OH is 1. The fourth-order valence-electron chi connectivity index (χ4n) is 11.1. The molecule has 0 radical (unpaired) electrons. The zero-order chi connectivity index (χ0) is 45.1. The van der Waals surface area contributed by atoms with Crippen molar-refractivity contribution < 1.29 is 57.9 Å². The third kappa shape index (κ3) is 7.32. The lowest BCUT2D eigenvalue weighted by atomic mass is 9.43. The van der Waals surface area contributed by atoms with Crippen molar-refractivity contribution in [2.45, 2.75) is 115 Å². The maximum Gasteiger partial charge on any atom is 0.338 e. The molecule has 2 saturated carbocycles. The van der Waals surface area contributed by atoms with E-state index in [0.29, 0.717) is 23.1 Å². The molecule has 1 amide bonds. The SMILES string of the molecule is CC(=O)O[C@H]1C(=O)[C@]2(C)[C@@H](C)C[C@H]3OC[C@@]34OC(=O)/C=C\Cc3ccccc3[C@H](NC(=O)c3ccccc3)[C@@H](O)C(=O)OC3C[C@@](O)([C@H](OCc5ccccc5)[C@@H]42)C(C)(C)C1=C3C. The molecule has 8 rings (SSSR count). The summed E-state index contributed by atoms with van der Waals surface area (Å²) in [5, 5.41) is 28.8. The number of carbonyl (C=O) groups is 5. The first-order chi connectivity index (χ1) is 29.9. The van der Waals surface area contributed by atoms with E-state index in [-0.39, 0.29) is 37.2 Å². The number of ether oxygens (including phenoxy) is 5. The van der Waals surface area contributed by atoms with E-state index in [1.807, 2.05) is 37.3 Å². The number of Topliss-reactive ketones (excluding diaryl/α,β-unsaturated/α-hetero) is 1. The summed E-state index contributed by atoms with van der Waals surface area (Å²) in [5.41, 5.74) is -3.87. The predicted octanol–water partition coefficient (Wildman–Crippen LogP) is 5.46. The number of carbonyl (C=O) groups excluding carboxylic acids is 5. The number of aliphatic hydroxyl groups is 2. The molecule has 3 fully saturated rings. The highest BCUT2D eigenvalue weighted by Gasteiger charge is 2.77. The van der Waals surface area contributed by atoms with Crippen LogP contribution in [0.5, 0.6) is 0 Å². The Balaban J connectivity index is 1.36. The van der Waals surface area contributed by atoms with Gasteiger partial charge in [0, 0.05) is 41.7 Å². The Bertz CT molecular complexity index is 2360. The normalized spacial score (nSPS) is 35.3. The highest BCUT2D eigenvalue weighted by atomic mass is 16.6. The molecule has 4 bridgehead atoms. The Morgan fingerprint density at radius 3 is 2.27 bits per heavy atom. The molecule has 13 nitrogen and oxygen atoms in total. The molecule has 3 N–H and O–H groups in total. The van der Waals surface area contributed by atoms with Gasteiger partial charge in [0.05, 0.1) is 25.4 Å². The Hall–Kier alpha value is -5.47. The largest absolute Gasteiger partial charge is 0.456 e. The number of hydrogen-bond acceptors (Lipinski definition) is 12. The van der Waals surface area contributed by atoms with Crippen molar-refractivity contribution in [2.75, 3.05) is 6.61 Å². The smallest absolute Gasteiger partial charge is 0.338 e. The molecule has 3 aromatic rings. The van der Waals surface area contributed by atoms with Gasteiger partial charge in [0.1, 0.15) is 17.8 Å². The fraction of sp³-hybridized carbons (Fsp3) is 0.460. The summed E-state index contributed by atoms with van der Waals surface area (Å²) in [4.78, 5) is 71.5. The fourth-order valence-corrected chi connectivity index (χ4v) is 11.1. The monoisotopic (exact) mass is 861 g/mol. The van der Waals surface area contributed by atoms with Crippen LogP contribution in [0.4, 0.5) is 0 Å². The van der Waals surface area contributed by atoms with E-state index < -0.39 is 100 Å². The summed E-state index contributed by atoms with van der Waals surface area (Å²) in [5.74, 6) is -5.24. The topological polar surface area (TPSA) is 184 Å². The van der Waals surface area contributed by atoms with Crippen molar-refractivity contribution in [1.29, 1.82) is 0 Å². The number of hydrogen-bond donors (Lipinski definition) is 3. The molecule has 5 aliphatic rings. The molecule has 11 atom stereocenters. The van der Waals surface area contributed by atoms with Gasteiger partial charge in [-0.3, -0.25) is 14.4 Å². The lowest BCUT2D eigenvalue weighted by Crippen LogP contribution is -2.80. The zero-order valence-corrected chi connectivity index (χ0v) is 36.4. The van der Waals surface area contributed by atoms with Crippen LogP contribution in [0.25, 0.3) is 0 Å². The third-order valence-corrected chi connectivity index (χ3v) is 14.8. The van der Waals surface area contributed by atoms with Gasteiger partial charge < -0.3 is 39.2 Å². The van der Waals surface area contributed by atoms with E-state index in [1.165, 1.54) is 13.0 Å². The molecule has 3 aromatic carbocycles. The van der Waals surface area contributed by atoms with Crippen LogP contribution >= 0.6 is 0 Å². The summed E-state index contributed by atoms with van der Waals surface area (Å²) >= 11 is 0. The van der Waals surface area contributed by atoms with Crippen LogP contribution in [0.1, 0.15) is 87.5 Å². The van der Waals surface area contributed by atoms with Crippen molar-refractivity contribution in [3.63, 3.8) is 0 Å².